The lowest BCUT2D eigenvalue weighted by atomic mass is 9.88. The first-order valence-electron chi connectivity index (χ1n) is 9.70. The lowest BCUT2D eigenvalue weighted by Gasteiger charge is -2.23. The monoisotopic (exact) mass is 355 g/mol. The van der Waals surface area contributed by atoms with Crippen LogP contribution in [-0.2, 0) is 6.42 Å². The zero-order valence-corrected chi connectivity index (χ0v) is 16.1. The standard InChI is InChI=1S/C23H33NO2/c1-19(18-25)11-12-21(22-9-6-10-23(26)17-22)14-16-24(2)15-13-20-7-4-3-5-8-20/h3-10,17,19,21,25-26H,11-16,18H2,1-2H3/t19-,21+/m0/s1. The predicted octanol–water partition coefficient (Wildman–Crippen LogP) is 4.45. The average Bonchev–Trinajstić information content (AvgIpc) is 2.67. The van der Waals surface area contributed by atoms with Crippen molar-refractivity contribution in [1.82, 2.24) is 4.90 Å². The molecule has 0 aliphatic heterocycles. The molecule has 0 unspecified atom stereocenters. The molecule has 0 amide bonds. The summed E-state index contributed by atoms with van der Waals surface area (Å²) in [5, 5.41) is 19.1. The van der Waals surface area contributed by atoms with E-state index in [1.165, 1.54) is 11.1 Å². The Morgan fingerprint density at radius 1 is 0.923 bits per heavy atom. The van der Waals surface area contributed by atoms with Crippen LogP contribution < -0.4 is 0 Å². The van der Waals surface area contributed by atoms with E-state index in [4.69, 9.17) is 0 Å². The van der Waals surface area contributed by atoms with E-state index in [1.54, 1.807) is 6.07 Å². The van der Waals surface area contributed by atoms with Crippen molar-refractivity contribution >= 4 is 0 Å². The smallest absolute Gasteiger partial charge is 0.115 e. The number of aliphatic hydroxyl groups excluding tert-OH is 1. The van der Waals surface area contributed by atoms with Gasteiger partial charge in [-0.2, -0.15) is 0 Å². The molecular formula is C23H33NO2. The van der Waals surface area contributed by atoms with Crippen molar-refractivity contribution in [2.45, 2.75) is 38.5 Å². The molecule has 2 rings (SSSR count). The maximum Gasteiger partial charge on any atom is 0.115 e. The zero-order chi connectivity index (χ0) is 18.8. The average molecular weight is 356 g/mol. The largest absolute Gasteiger partial charge is 0.508 e. The minimum atomic E-state index is 0.240. The Morgan fingerprint density at radius 3 is 2.38 bits per heavy atom. The molecule has 0 aliphatic carbocycles. The van der Waals surface area contributed by atoms with Crippen molar-refractivity contribution in [2.75, 3.05) is 26.7 Å². The highest BCUT2D eigenvalue weighted by molar-refractivity contribution is 5.29. The summed E-state index contributed by atoms with van der Waals surface area (Å²) >= 11 is 0. The molecule has 26 heavy (non-hydrogen) atoms. The van der Waals surface area contributed by atoms with Gasteiger partial charge in [-0.05, 0) is 74.4 Å². The van der Waals surface area contributed by atoms with Gasteiger partial charge in [-0.15, -0.1) is 0 Å². The van der Waals surface area contributed by atoms with Gasteiger partial charge in [0.2, 0.25) is 0 Å². The highest BCUT2D eigenvalue weighted by Gasteiger charge is 2.15. The Balaban J connectivity index is 1.88. The number of hydrogen-bond donors (Lipinski definition) is 2. The molecule has 142 valence electrons. The van der Waals surface area contributed by atoms with Gasteiger partial charge in [-0.3, -0.25) is 0 Å². The molecule has 0 aliphatic rings. The number of nitrogens with zero attached hydrogens (tertiary/aromatic N) is 1. The molecule has 2 N–H and O–H groups in total. The molecule has 0 saturated heterocycles. The van der Waals surface area contributed by atoms with Gasteiger partial charge >= 0.3 is 0 Å². The second kappa shape index (κ2) is 11.0. The van der Waals surface area contributed by atoms with E-state index in [9.17, 15) is 10.2 Å². The number of aliphatic hydroxyl groups is 1. The van der Waals surface area contributed by atoms with E-state index in [0.717, 1.165) is 38.8 Å². The molecule has 2 aromatic carbocycles. The molecule has 0 radical (unpaired) electrons. The Labute approximate surface area is 158 Å². The summed E-state index contributed by atoms with van der Waals surface area (Å²) < 4.78 is 0. The molecule has 0 spiro atoms. The summed E-state index contributed by atoms with van der Waals surface area (Å²) in [5.41, 5.74) is 2.58. The summed E-state index contributed by atoms with van der Waals surface area (Å²) in [7, 11) is 2.18. The molecular weight excluding hydrogens is 322 g/mol. The first-order chi connectivity index (χ1) is 12.6. The highest BCUT2D eigenvalue weighted by atomic mass is 16.3. The van der Waals surface area contributed by atoms with Gasteiger partial charge in [0.05, 0.1) is 0 Å². The number of hydrogen-bond acceptors (Lipinski definition) is 3. The first kappa shape index (κ1) is 20.5. The third kappa shape index (κ3) is 7.19. The summed E-state index contributed by atoms with van der Waals surface area (Å²) in [6.07, 6.45) is 4.17. The van der Waals surface area contributed by atoms with Gasteiger partial charge in [-0.1, -0.05) is 49.4 Å². The summed E-state index contributed by atoms with van der Waals surface area (Å²) in [6, 6.07) is 18.2. The molecule has 2 aromatic rings. The fraction of sp³-hybridized carbons (Fsp3) is 0.478. The normalized spacial score (nSPS) is 13.7. The van der Waals surface area contributed by atoms with Crippen LogP contribution in [0, 0.1) is 5.92 Å². The van der Waals surface area contributed by atoms with Crippen molar-refractivity contribution in [2.24, 2.45) is 5.92 Å². The van der Waals surface area contributed by atoms with E-state index in [1.807, 2.05) is 12.1 Å². The van der Waals surface area contributed by atoms with Crippen LogP contribution >= 0.6 is 0 Å². The van der Waals surface area contributed by atoms with E-state index in [-0.39, 0.29) is 6.61 Å². The Bertz CT molecular complexity index is 629. The van der Waals surface area contributed by atoms with Gasteiger partial charge in [0.25, 0.3) is 0 Å². The summed E-state index contributed by atoms with van der Waals surface area (Å²) in [6.45, 7) is 4.40. The predicted molar refractivity (Wildman–Crippen MR) is 109 cm³/mol. The van der Waals surface area contributed by atoms with Gasteiger partial charge in [0, 0.05) is 13.2 Å². The molecule has 3 heteroatoms. The van der Waals surface area contributed by atoms with Crippen LogP contribution in [0.5, 0.6) is 5.75 Å². The van der Waals surface area contributed by atoms with Crippen LogP contribution in [-0.4, -0.2) is 41.9 Å². The van der Waals surface area contributed by atoms with E-state index >= 15 is 0 Å². The van der Waals surface area contributed by atoms with Gasteiger partial charge in [-0.25, -0.2) is 0 Å². The number of likely N-dealkylation sites (N-methyl/N-ethyl adjacent to an activating group) is 1. The van der Waals surface area contributed by atoms with Crippen LogP contribution in [0.4, 0.5) is 0 Å². The fourth-order valence-electron chi connectivity index (χ4n) is 3.29. The minimum absolute atomic E-state index is 0.240. The van der Waals surface area contributed by atoms with Gasteiger partial charge in [0.15, 0.2) is 0 Å². The number of phenolic OH excluding ortho intramolecular Hbond substituents is 1. The minimum Gasteiger partial charge on any atom is -0.508 e. The van der Waals surface area contributed by atoms with Crippen LogP contribution in [0.3, 0.4) is 0 Å². The molecule has 0 bridgehead atoms. The van der Waals surface area contributed by atoms with E-state index in [2.05, 4.69) is 55.3 Å². The lowest BCUT2D eigenvalue weighted by Crippen LogP contribution is -2.24. The summed E-state index contributed by atoms with van der Waals surface area (Å²) in [4.78, 5) is 2.39. The molecule has 2 atom stereocenters. The molecule has 3 nitrogen and oxygen atoms in total. The first-order valence-corrected chi connectivity index (χ1v) is 9.70. The Morgan fingerprint density at radius 2 is 1.69 bits per heavy atom. The highest BCUT2D eigenvalue weighted by Crippen LogP contribution is 2.29. The van der Waals surface area contributed by atoms with Gasteiger partial charge in [0.1, 0.15) is 5.75 Å². The number of phenols is 1. The molecule has 0 heterocycles. The van der Waals surface area contributed by atoms with Crippen LogP contribution in [0.2, 0.25) is 0 Å². The topological polar surface area (TPSA) is 43.7 Å². The Kier molecular flexibility index (Phi) is 8.66. The third-order valence-electron chi connectivity index (χ3n) is 5.15. The molecule has 0 fully saturated rings. The number of rotatable bonds is 11. The Hall–Kier alpha value is -1.84. The quantitative estimate of drug-likeness (QED) is 0.626. The SMILES string of the molecule is C[C@H](CO)CC[C@H](CCN(C)CCc1ccccc1)c1cccc(O)c1. The van der Waals surface area contributed by atoms with Crippen LogP contribution in [0.25, 0.3) is 0 Å². The van der Waals surface area contributed by atoms with Crippen molar-refractivity contribution in [3.8, 4) is 5.75 Å². The van der Waals surface area contributed by atoms with Crippen LogP contribution in [0.1, 0.15) is 43.2 Å². The number of benzene rings is 2. The third-order valence-corrected chi connectivity index (χ3v) is 5.15. The van der Waals surface area contributed by atoms with E-state index in [0.29, 0.717) is 17.6 Å². The maximum atomic E-state index is 9.82. The number of aromatic hydroxyl groups is 1. The van der Waals surface area contributed by atoms with Crippen molar-refractivity contribution in [3.05, 3.63) is 65.7 Å². The zero-order valence-electron chi connectivity index (χ0n) is 16.1. The van der Waals surface area contributed by atoms with Crippen molar-refractivity contribution in [1.29, 1.82) is 0 Å². The van der Waals surface area contributed by atoms with Crippen LogP contribution in [0.15, 0.2) is 54.6 Å². The van der Waals surface area contributed by atoms with Gasteiger partial charge < -0.3 is 15.1 Å². The summed E-state index contributed by atoms with van der Waals surface area (Å²) in [5.74, 6) is 1.07. The molecule has 0 aromatic heterocycles. The molecule has 0 saturated carbocycles. The van der Waals surface area contributed by atoms with E-state index < -0.39 is 0 Å². The maximum absolute atomic E-state index is 9.82. The second-order valence-electron chi connectivity index (χ2n) is 7.48. The van der Waals surface area contributed by atoms with Crippen molar-refractivity contribution < 1.29 is 10.2 Å². The van der Waals surface area contributed by atoms with Crippen molar-refractivity contribution in [3.63, 3.8) is 0 Å². The second-order valence-corrected chi connectivity index (χ2v) is 7.48. The fourth-order valence-corrected chi connectivity index (χ4v) is 3.29. The lowest BCUT2D eigenvalue weighted by molar-refractivity contribution is 0.223.